The van der Waals surface area contributed by atoms with Gasteiger partial charge in [-0.25, -0.2) is 9.97 Å². The molecule has 2 aromatic rings. The third-order valence-corrected chi connectivity index (χ3v) is 4.05. The quantitative estimate of drug-likeness (QED) is 0.796. The molecule has 2 N–H and O–H groups in total. The van der Waals surface area contributed by atoms with E-state index in [9.17, 15) is 0 Å². The van der Waals surface area contributed by atoms with Gasteiger partial charge in [-0.05, 0) is 13.0 Å². The number of H-pyrrole nitrogens is 1. The topological polar surface area (TPSA) is 66.5 Å². The predicted octanol–water partition coefficient (Wildman–Crippen LogP) is 2.28. The normalized spacial score (nSPS) is 11.9. The van der Waals surface area contributed by atoms with E-state index in [4.69, 9.17) is 0 Å². The summed E-state index contributed by atoms with van der Waals surface area (Å²) in [5.74, 6) is 0.950. The Labute approximate surface area is 117 Å². The number of aromatic amines is 1. The average molecular weight is 279 g/mol. The van der Waals surface area contributed by atoms with E-state index >= 15 is 0 Å². The summed E-state index contributed by atoms with van der Waals surface area (Å²) in [4.78, 5) is 8.75. The van der Waals surface area contributed by atoms with Crippen molar-refractivity contribution in [1.29, 1.82) is 0 Å². The summed E-state index contributed by atoms with van der Waals surface area (Å²) in [5, 5.41) is 13.4. The van der Waals surface area contributed by atoms with Crippen LogP contribution >= 0.6 is 11.3 Å². The Hall–Kier alpha value is -1.27. The van der Waals surface area contributed by atoms with Gasteiger partial charge in [-0.3, -0.25) is 5.10 Å². The molecule has 0 atom stereocenters. The van der Waals surface area contributed by atoms with Crippen LogP contribution in [0.2, 0.25) is 0 Å². The minimum absolute atomic E-state index is 0.148. The van der Waals surface area contributed by atoms with Crippen molar-refractivity contribution in [3.63, 3.8) is 0 Å². The first-order valence-electron chi connectivity index (χ1n) is 6.55. The number of hydrogen-bond donors (Lipinski definition) is 2. The number of aromatic nitrogens is 4. The van der Waals surface area contributed by atoms with Crippen LogP contribution in [-0.2, 0) is 18.4 Å². The maximum Gasteiger partial charge on any atom is 0.137 e. The molecule has 0 aliphatic carbocycles. The molecule has 0 fully saturated rings. The Morgan fingerprint density at radius 2 is 2.21 bits per heavy atom. The zero-order chi connectivity index (χ0) is 13.7. The van der Waals surface area contributed by atoms with Crippen molar-refractivity contribution in [3.8, 4) is 0 Å². The first-order valence-corrected chi connectivity index (χ1v) is 7.43. The Bertz CT molecular complexity index is 483. The molecule has 2 heterocycles. The van der Waals surface area contributed by atoms with Gasteiger partial charge in [0.15, 0.2) is 0 Å². The maximum absolute atomic E-state index is 4.66. The molecule has 0 radical (unpaired) electrons. The van der Waals surface area contributed by atoms with Crippen LogP contribution in [0.25, 0.3) is 0 Å². The molecule has 0 aromatic carbocycles. The second-order valence-corrected chi connectivity index (χ2v) is 6.46. The van der Waals surface area contributed by atoms with Crippen LogP contribution in [0, 0.1) is 0 Å². The number of hydrogen-bond acceptors (Lipinski definition) is 5. The molecule has 0 aliphatic rings. The van der Waals surface area contributed by atoms with Gasteiger partial charge >= 0.3 is 0 Å². The van der Waals surface area contributed by atoms with Crippen LogP contribution in [0.4, 0.5) is 0 Å². The standard InChI is InChI=1S/C13H21N5S/c1-13(2,3)12-17-10(8-19-12)7-14-6-4-5-11-15-9-16-18-11/h8-9,14H,4-7H2,1-3H3,(H,15,16,18). The van der Waals surface area contributed by atoms with Gasteiger partial charge in [0, 0.05) is 23.8 Å². The summed E-state index contributed by atoms with van der Waals surface area (Å²) in [5.41, 5.74) is 1.28. The van der Waals surface area contributed by atoms with Crippen molar-refractivity contribution in [2.75, 3.05) is 6.54 Å². The lowest BCUT2D eigenvalue weighted by molar-refractivity contribution is 0.577. The number of rotatable bonds is 6. The second-order valence-electron chi connectivity index (χ2n) is 5.61. The Balaban J connectivity index is 1.67. The van der Waals surface area contributed by atoms with Gasteiger partial charge in [0.25, 0.3) is 0 Å². The summed E-state index contributed by atoms with van der Waals surface area (Å²) in [7, 11) is 0. The van der Waals surface area contributed by atoms with Crippen LogP contribution in [0.15, 0.2) is 11.7 Å². The van der Waals surface area contributed by atoms with Gasteiger partial charge in [-0.15, -0.1) is 11.3 Å². The number of nitrogens with zero attached hydrogens (tertiary/aromatic N) is 3. The molecule has 0 amide bonds. The van der Waals surface area contributed by atoms with E-state index in [0.29, 0.717) is 0 Å². The largest absolute Gasteiger partial charge is 0.311 e. The highest BCUT2D eigenvalue weighted by Crippen LogP contribution is 2.25. The summed E-state index contributed by atoms with van der Waals surface area (Å²) in [6, 6.07) is 0. The molecule has 0 saturated carbocycles. The minimum Gasteiger partial charge on any atom is -0.311 e. The molecule has 0 spiro atoms. The van der Waals surface area contributed by atoms with Crippen molar-refractivity contribution in [2.24, 2.45) is 0 Å². The van der Waals surface area contributed by atoms with E-state index in [2.05, 4.69) is 51.6 Å². The lowest BCUT2D eigenvalue weighted by atomic mass is 9.98. The third kappa shape index (κ3) is 4.40. The molecule has 6 heteroatoms. The van der Waals surface area contributed by atoms with Gasteiger partial charge in [0.1, 0.15) is 12.2 Å². The van der Waals surface area contributed by atoms with Crippen molar-refractivity contribution in [2.45, 2.75) is 45.6 Å². The van der Waals surface area contributed by atoms with E-state index in [0.717, 1.165) is 37.4 Å². The molecular formula is C13H21N5S. The SMILES string of the molecule is CC(C)(C)c1nc(CNCCCc2ncn[nH]2)cs1. The van der Waals surface area contributed by atoms with Crippen molar-refractivity contribution in [3.05, 3.63) is 28.2 Å². The Morgan fingerprint density at radius 3 is 2.84 bits per heavy atom. The van der Waals surface area contributed by atoms with Gasteiger partial charge in [-0.1, -0.05) is 20.8 Å². The number of aryl methyl sites for hydroxylation is 1. The Morgan fingerprint density at radius 1 is 1.37 bits per heavy atom. The van der Waals surface area contributed by atoms with E-state index in [1.54, 1.807) is 17.7 Å². The van der Waals surface area contributed by atoms with Crippen molar-refractivity contribution < 1.29 is 0 Å². The van der Waals surface area contributed by atoms with Crippen LogP contribution in [0.1, 0.15) is 43.7 Å². The molecule has 5 nitrogen and oxygen atoms in total. The predicted molar refractivity (Wildman–Crippen MR) is 77.2 cm³/mol. The van der Waals surface area contributed by atoms with Crippen LogP contribution < -0.4 is 5.32 Å². The van der Waals surface area contributed by atoms with Gasteiger partial charge < -0.3 is 5.32 Å². The molecule has 0 bridgehead atoms. The van der Waals surface area contributed by atoms with E-state index < -0.39 is 0 Å². The number of nitrogens with one attached hydrogen (secondary N) is 2. The van der Waals surface area contributed by atoms with E-state index in [-0.39, 0.29) is 5.41 Å². The zero-order valence-corrected chi connectivity index (χ0v) is 12.5. The second kappa shape index (κ2) is 6.25. The molecule has 0 aliphatic heterocycles. The van der Waals surface area contributed by atoms with Crippen LogP contribution in [0.5, 0.6) is 0 Å². The molecule has 19 heavy (non-hydrogen) atoms. The van der Waals surface area contributed by atoms with Crippen molar-refractivity contribution >= 4 is 11.3 Å². The third-order valence-electron chi connectivity index (χ3n) is 2.73. The summed E-state index contributed by atoms with van der Waals surface area (Å²) >= 11 is 1.74. The monoisotopic (exact) mass is 279 g/mol. The lowest BCUT2D eigenvalue weighted by Gasteiger charge is -2.13. The van der Waals surface area contributed by atoms with Gasteiger partial charge in [0.05, 0.1) is 10.7 Å². The fourth-order valence-electron chi connectivity index (χ4n) is 1.68. The average Bonchev–Trinajstić information content (AvgIpc) is 2.97. The zero-order valence-electron chi connectivity index (χ0n) is 11.7. The highest BCUT2D eigenvalue weighted by molar-refractivity contribution is 7.09. The van der Waals surface area contributed by atoms with Crippen LogP contribution in [0.3, 0.4) is 0 Å². The summed E-state index contributed by atoms with van der Waals surface area (Å²) in [6.07, 6.45) is 3.52. The lowest BCUT2D eigenvalue weighted by Crippen LogP contribution is -2.16. The van der Waals surface area contributed by atoms with Gasteiger partial charge in [-0.2, -0.15) is 5.10 Å². The van der Waals surface area contributed by atoms with Crippen molar-refractivity contribution in [1.82, 2.24) is 25.5 Å². The summed E-state index contributed by atoms with van der Waals surface area (Å²) in [6.45, 7) is 8.38. The highest BCUT2D eigenvalue weighted by Gasteiger charge is 2.17. The van der Waals surface area contributed by atoms with E-state index in [1.165, 1.54) is 5.01 Å². The van der Waals surface area contributed by atoms with Crippen LogP contribution in [-0.4, -0.2) is 26.7 Å². The smallest absolute Gasteiger partial charge is 0.137 e. The highest BCUT2D eigenvalue weighted by atomic mass is 32.1. The first-order chi connectivity index (χ1) is 9.05. The molecule has 104 valence electrons. The first kappa shape index (κ1) is 14.1. The van der Waals surface area contributed by atoms with Gasteiger partial charge in [0.2, 0.25) is 0 Å². The summed E-state index contributed by atoms with van der Waals surface area (Å²) < 4.78 is 0. The molecular weight excluding hydrogens is 258 g/mol. The molecule has 2 rings (SSSR count). The molecule has 0 saturated heterocycles. The Kier molecular flexibility index (Phi) is 4.66. The van der Waals surface area contributed by atoms with E-state index in [1.807, 2.05) is 0 Å². The fraction of sp³-hybridized carbons (Fsp3) is 0.615. The molecule has 2 aromatic heterocycles. The minimum atomic E-state index is 0.148. The maximum atomic E-state index is 4.66. The fourth-order valence-corrected chi connectivity index (χ4v) is 2.59. The molecule has 0 unspecified atom stereocenters. The number of thiazole rings is 1.